The standard InChI is InChI=1S/C10H11IO4/c1-10(14,9(12)13)6-15-8-4-2-3-7(11)5-8/h2-5,14H,6H2,1H3,(H,12,13). The Balaban J connectivity index is 2.61. The first-order chi connectivity index (χ1) is 6.92. The van der Waals surface area contributed by atoms with Gasteiger partial charge in [0.25, 0.3) is 0 Å². The van der Waals surface area contributed by atoms with Gasteiger partial charge < -0.3 is 14.9 Å². The Morgan fingerprint density at radius 3 is 2.80 bits per heavy atom. The zero-order valence-electron chi connectivity index (χ0n) is 8.11. The van der Waals surface area contributed by atoms with Crippen LogP contribution in [0.2, 0.25) is 0 Å². The van der Waals surface area contributed by atoms with Gasteiger partial charge in [-0.05, 0) is 47.7 Å². The highest BCUT2D eigenvalue weighted by molar-refractivity contribution is 14.1. The van der Waals surface area contributed by atoms with E-state index in [4.69, 9.17) is 9.84 Å². The van der Waals surface area contributed by atoms with Crippen molar-refractivity contribution in [3.8, 4) is 5.75 Å². The molecule has 0 aliphatic carbocycles. The summed E-state index contributed by atoms with van der Waals surface area (Å²) in [6.07, 6.45) is 0. The molecular formula is C10H11IO4. The first-order valence-electron chi connectivity index (χ1n) is 4.26. The molecule has 2 N–H and O–H groups in total. The number of carbonyl (C=O) groups is 1. The molecule has 1 aromatic rings. The van der Waals surface area contributed by atoms with Gasteiger partial charge in [0, 0.05) is 3.57 Å². The lowest BCUT2D eigenvalue weighted by Crippen LogP contribution is -2.41. The molecule has 1 rings (SSSR count). The fourth-order valence-electron chi connectivity index (χ4n) is 0.842. The van der Waals surface area contributed by atoms with Crippen LogP contribution in [-0.2, 0) is 4.79 Å². The van der Waals surface area contributed by atoms with E-state index < -0.39 is 11.6 Å². The number of carboxylic acids is 1. The third-order valence-electron chi connectivity index (χ3n) is 1.78. The maximum atomic E-state index is 10.6. The molecule has 0 saturated carbocycles. The average Bonchev–Trinajstić information content (AvgIpc) is 2.15. The van der Waals surface area contributed by atoms with Crippen molar-refractivity contribution in [3.63, 3.8) is 0 Å². The fraction of sp³-hybridized carbons (Fsp3) is 0.300. The number of ether oxygens (including phenoxy) is 1. The third kappa shape index (κ3) is 3.67. The summed E-state index contributed by atoms with van der Waals surface area (Å²) in [5.41, 5.74) is -1.86. The van der Waals surface area contributed by atoms with Gasteiger partial charge in [0.05, 0.1) is 0 Å². The van der Waals surface area contributed by atoms with Gasteiger partial charge in [-0.3, -0.25) is 0 Å². The number of benzene rings is 1. The van der Waals surface area contributed by atoms with Gasteiger partial charge >= 0.3 is 5.97 Å². The van der Waals surface area contributed by atoms with Gasteiger partial charge in [0.1, 0.15) is 12.4 Å². The van der Waals surface area contributed by atoms with Crippen LogP contribution in [0.4, 0.5) is 0 Å². The van der Waals surface area contributed by atoms with Crippen LogP contribution in [0.5, 0.6) is 5.75 Å². The zero-order chi connectivity index (χ0) is 11.5. The highest BCUT2D eigenvalue weighted by Gasteiger charge is 2.30. The van der Waals surface area contributed by atoms with Crippen LogP contribution in [-0.4, -0.2) is 28.4 Å². The minimum Gasteiger partial charge on any atom is -0.490 e. The van der Waals surface area contributed by atoms with E-state index in [1.165, 1.54) is 6.92 Å². The Hall–Kier alpha value is -0.820. The molecule has 0 aliphatic heterocycles. The summed E-state index contributed by atoms with van der Waals surface area (Å²) in [5, 5.41) is 18.0. The molecule has 0 aliphatic rings. The predicted molar refractivity (Wildman–Crippen MR) is 62.9 cm³/mol. The fourth-order valence-corrected chi connectivity index (χ4v) is 1.36. The highest BCUT2D eigenvalue weighted by Crippen LogP contribution is 2.16. The molecule has 0 aromatic heterocycles. The van der Waals surface area contributed by atoms with E-state index in [9.17, 15) is 9.90 Å². The Bertz CT molecular complexity index is 362. The molecule has 0 amide bonds. The minimum absolute atomic E-state index is 0.275. The molecule has 1 unspecified atom stereocenters. The second-order valence-electron chi connectivity index (χ2n) is 3.33. The normalized spacial score (nSPS) is 14.3. The zero-order valence-corrected chi connectivity index (χ0v) is 10.3. The molecule has 1 aromatic carbocycles. The Kier molecular flexibility index (Phi) is 3.92. The predicted octanol–water partition coefficient (Wildman–Crippen LogP) is 1.51. The molecular weight excluding hydrogens is 311 g/mol. The van der Waals surface area contributed by atoms with Crippen LogP contribution in [0.3, 0.4) is 0 Å². The highest BCUT2D eigenvalue weighted by atomic mass is 127. The molecule has 1 atom stereocenters. The molecule has 0 heterocycles. The first-order valence-corrected chi connectivity index (χ1v) is 5.34. The van der Waals surface area contributed by atoms with Crippen molar-refractivity contribution in [3.05, 3.63) is 27.8 Å². The van der Waals surface area contributed by atoms with E-state index in [2.05, 4.69) is 22.6 Å². The molecule has 0 spiro atoms. The quantitative estimate of drug-likeness (QED) is 0.825. The van der Waals surface area contributed by atoms with Crippen molar-refractivity contribution in [1.82, 2.24) is 0 Å². The van der Waals surface area contributed by atoms with E-state index in [1.807, 2.05) is 6.07 Å². The Morgan fingerprint density at radius 2 is 2.27 bits per heavy atom. The van der Waals surface area contributed by atoms with E-state index >= 15 is 0 Å². The minimum atomic E-state index is -1.86. The van der Waals surface area contributed by atoms with E-state index in [-0.39, 0.29) is 6.61 Å². The van der Waals surface area contributed by atoms with Crippen LogP contribution >= 0.6 is 22.6 Å². The smallest absolute Gasteiger partial charge is 0.339 e. The molecule has 0 fully saturated rings. The van der Waals surface area contributed by atoms with Crippen molar-refractivity contribution >= 4 is 28.6 Å². The van der Waals surface area contributed by atoms with Crippen LogP contribution in [0.15, 0.2) is 24.3 Å². The topological polar surface area (TPSA) is 66.8 Å². The number of rotatable bonds is 4. The maximum absolute atomic E-state index is 10.6. The van der Waals surface area contributed by atoms with Gasteiger partial charge in [-0.2, -0.15) is 0 Å². The second-order valence-corrected chi connectivity index (χ2v) is 4.57. The van der Waals surface area contributed by atoms with Gasteiger partial charge in [0.2, 0.25) is 0 Å². The summed E-state index contributed by atoms with van der Waals surface area (Å²) in [6.45, 7) is 0.922. The molecule has 4 nitrogen and oxygen atoms in total. The van der Waals surface area contributed by atoms with Crippen LogP contribution < -0.4 is 4.74 Å². The molecule has 0 bridgehead atoms. The van der Waals surface area contributed by atoms with Crippen molar-refractivity contribution < 1.29 is 19.7 Å². The van der Waals surface area contributed by atoms with Crippen molar-refractivity contribution in [2.75, 3.05) is 6.61 Å². The van der Waals surface area contributed by atoms with Gasteiger partial charge in [-0.25, -0.2) is 4.79 Å². The summed E-state index contributed by atoms with van der Waals surface area (Å²) in [6, 6.07) is 7.16. The Morgan fingerprint density at radius 1 is 1.60 bits per heavy atom. The summed E-state index contributed by atoms with van der Waals surface area (Å²) in [5.74, 6) is -0.753. The molecule has 0 saturated heterocycles. The average molecular weight is 322 g/mol. The first kappa shape index (κ1) is 12.3. The summed E-state index contributed by atoms with van der Waals surface area (Å²) in [7, 11) is 0. The molecule has 0 radical (unpaired) electrons. The van der Waals surface area contributed by atoms with Gasteiger partial charge in [0.15, 0.2) is 5.60 Å². The number of aliphatic hydroxyl groups is 1. The molecule has 82 valence electrons. The van der Waals surface area contributed by atoms with Crippen molar-refractivity contribution in [1.29, 1.82) is 0 Å². The Labute approximate surface area is 101 Å². The SMILES string of the molecule is CC(O)(COc1cccc(I)c1)C(=O)O. The van der Waals surface area contributed by atoms with E-state index in [1.54, 1.807) is 18.2 Å². The lowest BCUT2D eigenvalue weighted by atomic mass is 10.1. The number of hydrogen-bond acceptors (Lipinski definition) is 3. The van der Waals surface area contributed by atoms with Crippen molar-refractivity contribution in [2.24, 2.45) is 0 Å². The van der Waals surface area contributed by atoms with Gasteiger partial charge in [-0.1, -0.05) is 6.07 Å². The number of halogens is 1. The van der Waals surface area contributed by atoms with Crippen molar-refractivity contribution in [2.45, 2.75) is 12.5 Å². The molecule has 15 heavy (non-hydrogen) atoms. The summed E-state index contributed by atoms with van der Waals surface area (Å²) >= 11 is 2.12. The van der Waals surface area contributed by atoms with E-state index in [0.29, 0.717) is 5.75 Å². The molecule has 5 heteroatoms. The lowest BCUT2D eigenvalue weighted by molar-refractivity contribution is -0.159. The number of aliphatic carboxylic acids is 1. The van der Waals surface area contributed by atoms with Gasteiger partial charge in [-0.15, -0.1) is 0 Å². The summed E-state index contributed by atoms with van der Waals surface area (Å²) in [4.78, 5) is 10.6. The van der Waals surface area contributed by atoms with E-state index in [0.717, 1.165) is 3.57 Å². The van der Waals surface area contributed by atoms with Crippen LogP contribution in [0.1, 0.15) is 6.92 Å². The summed E-state index contributed by atoms with van der Waals surface area (Å²) < 4.78 is 6.16. The lowest BCUT2D eigenvalue weighted by Gasteiger charge is -2.18. The monoisotopic (exact) mass is 322 g/mol. The van der Waals surface area contributed by atoms with Crippen LogP contribution in [0, 0.1) is 3.57 Å². The maximum Gasteiger partial charge on any atom is 0.339 e. The number of carboxylic acid groups (broad SMARTS) is 1. The number of hydrogen-bond donors (Lipinski definition) is 2. The largest absolute Gasteiger partial charge is 0.490 e. The second kappa shape index (κ2) is 4.80. The third-order valence-corrected chi connectivity index (χ3v) is 2.45. The van der Waals surface area contributed by atoms with Crippen LogP contribution in [0.25, 0.3) is 0 Å².